The van der Waals surface area contributed by atoms with E-state index in [1.807, 2.05) is 36.4 Å². The molecule has 3 aromatic rings. The van der Waals surface area contributed by atoms with Crippen LogP contribution in [0.15, 0.2) is 54.9 Å². The van der Waals surface area contributed by atoms with Gasteiger partial charge in [-0.3, -0.25) is 14.6 Å². The van der Waals surface area contributed by atoms with Gasteiger partial charge >= 0.3 is 5.97 Å². The maximum Gasteiger partial charge on any atom is 0.305 e. The third-order valence-electron chi connectivity index (χ3n) is 4.01. The van der Waals surface area contributed by atoms with E-state index < -0.39 is 0 Å². The molecule has 6 heteroatoms. The normalized spacial score (nSPS) is 10.5. The first kappa shape index (κ1) is 17.5. The minimum absolute atomic E-state index is 0.191. The first-order valence-electron chi connectivity index (χ1n) is 8.34. The van der Waals surface area contributed by atoms with E-state index in [0.29, 0.717) is 24.2 Å². The van der Waals surface area contributed by atoms with Crippen molar-refractivity contribution >= 4 is 22.8 Å². The van der Waals surface area contributed by atoms with Gasteiger partial charge in [0.05, 0.1) is 23.9 Å². The molecule has 132 valence electrons. The summed E-state index contributed by atoms with van der Waals surface area (Å²) in [5, 5.41) is 3.65. The van der Waals surface area contributed by atoms with Crippen LogP contribution in [0.5, 0.6) is 0 Å². The summed E-state index contributed by atoms with van der Waals surface area (Å²) in [4.78, 5) is 32.5. The van der Waals surface area contributed by atoms with Gasteiger partial charge in [-0.2, -0.15) is 0 Å². The predicted octanol–water partition coefficient (Wildman–Crippen LogP) is 2.98. The Bertz CT molecular complexity index is 926. The van der Waals surface area contributed by atoms with Crippen LogP contribution in [0.4, 0.5) is 0 Å². The Labute approximate surface area is 151 Å². The highest BCUT2D eigenvalue weighted by atomic mass is 16.5. The van der Waals surface area contributed by atoms with Gasteiger partial charge in [0.25, 0.3) is 5.91 Å². The summed E-state index contributed by atoms with van der Waals surface area (Å²) in [6.07, 6.45) is 4.19. The zero-order valence-corrected chi connectivity index (χ0v) is 14.4. The largest absolute Gasteiger partial charge is 0.469 e. The number of carbonyl (C=O) groups excluding carboxylic acids is 2. The maximum absolute atomic E-state index is 12.7. The molecule has 2 heterocycles. The Morgan fingerprint density at radius 1 is 1.12 bits per heavy atom. The lowest BCUT2D eigenvalue weighted by molar-refractivity contribution is -0.140. The molecule has 0 saturated heterocycles. The lowest BCUT2D eigenvalue weighted by Gasteiger charge is -2.10. The SMILES string of the molecule is COC(=O)CCCNC(=O)c1cc(-c2ccncc2)nc2ccccc12. The van der Waals surface area contributed by atoms with Crippen LogP contribution < -0.4 is 5.32 Å². The van der Waals surface area contributed by atoms with Crippen molar-refractivity contribution in [1.82, 2.24) is 15.3 Å². The molecular formula is C20H19N3O3. The number of fused-ring (bicyclic) bond motifs is 1. The number of pyridine rings is 2. The first-order valence-corrected chi connectivity index (χ1v) is 8.34. The summed E-state index contributed by atoms with van der Waals surface area (Å²) in [6, 6.07) is 13.0. The average molecular weight is 349 g/mol. The molecule has 0 fully saturated rings. The van der Waals surface area contributed by atoms with Gasteiger partial charge in [0.2, 0.25) is 0 Å². The van der Waals surface area contributed by atoms with Gasteiger partial charge in [0.1, 0.15) is 0 Å². The monoisotopic (exact) mass is 349 g/mol. The molecule has 3 rings (SSSR count). The molecule has 0 saturated carbocycles. The van der Waals surface area contributed by atoms with Crippen molar-refractivity contribution in [2.45, 2.75) is 12.8 Å². The number of methoxy groups -OCH3 is 1. The molecule has 26 heavy (non-hydrogen) atoms. The molecule has 0 aliphatic heterocycles. The fraction of sp³-hybridized carbons (Fsp3) is 0.200. The van der Waals surface area contributed by atoms with Crippen molar-refractivity contribution in [3.05, 3.63) is 60.4 Å². The van der Waals surface area contributed by atoms with Crippen LogP contribution in [0.1, 0.15) is 23.2 Å². The summed E-state index contributed by atoms with van der Waals surface area (Å²) in [6.45, 7) is 0.398. The number of carbonyl (C=O) groups is 2. The van der Waals surface area contributed by atoms with Crippen LogP contribution in [0.3, 0.4) is 0 Å². The van der Waals surface area contributed by atoms with E-state index in [9.17, 15) is 9.59 Å². The number of benzene rings is 1. The van der Waals surface area contributed by atoms with E-state index in [1.165, 1.54) is 7.11 Å². The second-order valence-electron chi connectivity index (χ2n) is 5.74. The van der Waals surface area contributed by atoms with Gasteiger partial charge in [-0.25, -0.2) is 4.98 Å². The average Bonchev–Trinajstić information content (AvgIpc) is 2.70. The third kappa shape index (κ3) is 4.03. The van der Waals surface area contributed by atoms with Gasteiger partial charge in [-0.1, -0.05) is 18.2 Å². The molecule has 0 unspecified atom stereocenters. The van der Waals surface area contributed by atoms with Gasteiger partial charge in [-0.05, 0) is 30.7 Å². The Balaban J connectivity index is 1.86. The van der Waals surface area contributed by atoms with Crippen LogP contribution >= 0.6 is 0 Å². The smallest absolute Gasteiger partial charge is 0.305 e. The summed E-state index contributed by atoms with van der Waals surface area (Å²) in [7, 11) is 1.35. The zero-order valence-electron chi connectivity index (χ0n) is 14.4. The topological polar surface area (TPSA) is 81.2 Å². The molecule has 0 spiro atoms. The van der Waals surface area contributed by atoms with E-state index in [4.69, 9.17) is 0 Å². The Hall–Kier alpha value is -3.28. The number of rotatable bonds is 6. The number of hydrogen-bond acceptors (Lipinski definition) is 5. The second kappa shape index (κ2) is 8.20. The Morgan fingerprint density at radius 3 is 2.65 bits per heavy atom. The highest BCUT2D eigenvalue weighted by molar-refractivity contribution is 6.07. The van der Waals surface area contributed by atoms with Crippen molar-refractivity contribution in [2.24, 2.45) is 0 Å². The number of nitrogens with one attached hydrogen (secondary N) is 1. The van der Waals surface area contributed by atoms with E-state index >= 15 is 0 Å². The number of nitrogens with zero attached hydrogens (tertiary/aromatic N) is 2. The number of ether oxygens (including phenoxy) is 1. The summed E-state index contributed by atoms with van der Waals surface area (Å²) < 4.78 is 4.60. The number of amides is 1. The van der Waals surface area contributed by atoms with E-state index in [1.54, 1.807) is 18.5 Å². The lowest BCUT2D eigenvalue weighted by Crippen LogP contribution is -2.25. The van der Waals surface area contributed by atoms with Crippen molar-refractivity contribution in [3.8, 4) is 11.3 Å². The second-order valence-corrected chi connectivity index (χ2v) is 5.74. The summed E-state index contributed by atoms with van der Waals surface area (Å²) >= 11 is 0. The van der Waals surface area contributed by atoms with Crippen LogP contribution in [-0.2, 0) is 9.53 Å². The molecule has 1 aromatic carbocycles. The van der Waals surface area contributed by atoms with E-state index in [2.05, 4.69) is 20.0 Å². The van der Waals surface area contributed by atoms with Crippen LogP contribution in [0, 0.1) is 0 Å². The zero-order chi connectivity index (χ0) is 18.4. The minimum Gasteiger partial charge on any atom is -0.469 e. The molecule has 0 atom stereocenters. The van der Waals surface area contributed by atoms with Crippen molar-refractivity contribution in [1.29, 1.82) is 0 Å². The van der Waals surface area contributed by atoms with Crippen molar-refractivity contribution in [2.75, 3.05) is 13.7 Å². The highest BCUT2D eigenvalue weighted by Gasteiger charge is 2.13. The first-order chi connectivity index (χ1) is 12.7. The lowest BCUT2D eigenvalue weighted by atomic mass is 10.0. The molecule has 0 bridgehead atoms. The quantitative estimate of drug-likeness (QED) is 0.546. The molecule has 1 N–H and O–H groups in total. The van der Waals surface area contributed by atoms with Crippen LogP contribution in [0.2, 0.25) is 0 Å². The molecule has 0 radical (unpaired) electrons. The van der Waals surface area contributed by atoms with Gasteiger partial charge in [0, 0.05) is 36.3 Å². The third-order valence-corrected chi connectivity index (χ3v) is 4.01. The molecule has 0 aliphatic carbocycles. The minimum atomic E-state index is -0.284. The molecular weight excluding hydrogens is 330 g/mol. The fourth-order valence-corrected chi connectivity index (χ4v) is 2.67. The maximum atomic E-state index is 12.7. The number of para-hydroxylation sites is 1. The Kier molecular flexibility index (Phi) is 5.53. The molecule has 1 amide bonds. The predicted molar refractivity (Wildman–Crippen MR) is 98.6 cm³/mol. The highest BCUT2D eigenvalue weighted by Crippen LogP contribution is 2.24. The standard InChI is InChI=1S/C20H19N3O3/c1-26-19(24)7-4-10-22-20(25)16-13-18(14-8-11-21-12-9-14)23-17-6-3-2-5-15(16)17/h2-3,5-6,8-9,11-13H,4,7,10H2,1H3,(H,22,25). The summed E-state index contributed by atoms with van der Waals surface area (Å²) in [5.41, 5.74) is 2.92. The molecule has 2 aromatic heterocycles. The number of esters is 1. The van der Waals surface area contributed by atoms with Gasteiger partial charge in [0.15, 0.2) is 0 Å². The van der Waals surface area contributed by atoms with Gasteiger partial charge in [-0.15, -0.1) is 0 Å². The summed E-state index contributed by atoms with van der Waals surface area (Å²) in [5.74, 6) is -0.475. The van der Waals surface area contributed by atoms with Crippen LogP contribution in [-0.4, -0.2) is 35.5 Å². The van der Waals surface area contributed by atoms with E-state index in [-0.39, 0.29) is 18.3 Å². The van der Waals surface area contributed by atoms with Crippen LogP contribution in [0.25, 0.3) is 22.2 Å². The number of aromatic nitrogens is 2. The Morgan fingerprint density at radius 2 is 1.88 bits per heavy atom. The fourth-order valence-electron chi connectivity index (χ4n) is 2.67. The van der Waals surface area contributed by atoms with Crippen molar-refractivity contribution < 1.29 is 14.3 Å². The van der Waals surface area contributed by atoms with Gasteiger partial charge < -0.3 is 10.1 Å². The van der Waals surface area contributed by atoms with Crippen molar-refractivity contribution in [3.63, 3.8) is 0 Å². The number of hydrogen-bond donors (Lipinski definition) is 1. The van der Waals surface area contributed by atoms with E-state index in [0.717, 1.165) is 16.5 Å². The molecule has 0 aliphatic rings. The molecule has 6 nitrogen and oxygen atoms in total.